The quantitative estimate of drug-likeness (QED) is 0.398. The third kappa shape index (κ3) is 6.51. The van der Waals surface area contributed by atoms with E-state index in [-0.39, 0.29) is 18.2 Å². The molecule has 0 aliphatic carbocycles. The lowest BCUT2D eigenvalue weighted by atomic mass is 10.0. The Morgan fingerprint density at radius 2 is 1.69 bits per heavy atom. The Morgan fingerprint density at radius 3 is 2.37 bits per heavy atom. The van der Waals surface area contributed by atoms with Crippen molar-refractivity contribution in [1.82, 2.24) is 4.90 Å². The van der Waals surface area contributed by atoms with Gasteiger partial charge in [-0.25, -0.2) is 0 Å². The van der Waals surface area contributed by atoms with Gasteiger partial charge in [0, 0.05) is 31.4 Å². The molecule has 0 spiro atoms. The van der Waals surface area contributed by atoms with Gasteiger partial charge in [0.2, 0.25) is 5.91 Å². The fourth-order valence-electron chi connectivity index (χ4n) is 4.13. The minimum absolute atomic E-state index is 0.0369. The molecule has 0 radical (unpaired) electrons. The number of hydrogen-bond donors (Lipinski definition) is 1. The Kier molecular flexibility index (Phi) is 9.09. The molecule has 0 aliphatic heterocycles. The van der Waals surface area contributed by atoms with Gasteiger partial charge in [0.1, 0.15) is 0 Å². The molecule has 3 rings (SSSR count). The van der Waals surface area contributed by atoms with Crippen molar-refractivity contribution < 1.29 is 19.1 Å². The first-order valence-electron chi connectivity index (χ1n) is 11.8. The Bertz CT molecular complexity index is 1180. The maximum atomic E-state index is 13.3. The summed E-state index contributed by atoms with van der Waals surface area (Å²) in [6.45, 7) is 3.49. The Morgan fingerprint density at radius 1 is 0.943 bits per heavy atom. The standard InChI is InChI=1S/C28H35N3O4/c1-20(32)22-9-10-24-18-25(12-11-23(24)17-22)30(2)19-27(33)31(15-6-14-29)16-13-21-7-5-8-26(34-3)28(21)35-4/h5,7-12,17-18H,6,13-16,19,29H2,1-4H3. The number of amides is 1. The number of benzene rings is 3. The summed E-state index contributed by atoms with van der Waals surface area (Å²) in [7, 11) is 5.15. The van der Waals surface area contributed by atoms with Crippen LogP contribution in [-0.2, 0) is 11.2 Å². The predicted molar refractivity (Wildman–Crippen MR) is 141 cm³/mol. The fraction of sp³-hybridized carbons (Fsp3) is 0.357. The number of ketones is 1. The van der Waals surface area contributed by atoms with Crippen LogP contribution in [0.3, 0.4) is 0 Å². The zero-order valence-electron chi connectivity index (χ0n) is 21.0. The van der Waals surface area contributed by atoms with E-state index in [1.54, 1.807) is 21.1 Å². The Hall–Kier alpha value is -3.58. The number of rotatable bonds is 12. The van der Waals surface area contributed by atoms with E-state index in [1.165, 1.54) is 0 Å². The van der Waals surface area contributed by atoms with E-state index in [0.29, 0.717) is 43.1 Å². The van der Waals surface area contributed by atoms with Crippen LogP contribution in [0.5, 0.6) is 11.5 Å². The molecule has 0 unspecified atom stereocenters. The van der Waals surface area contributed by atoms with Crippen molar-refractivity contribution in [3.63, 3.8) is 0 Å². The Balaban J connectivity index is 1.72. The maximum Gasteiger partial charge on any atom is 0.242 e. The number of nitrogens with zero attached hydrogens (tertiary/aromatic N) is 2. The SMILES string of the molecule is COc1cccc(CCN(CCCN)C(=O)CN(C)c2ccc3cc(C(C)=O)ccc3c2)c1OC. The molecule has 1 amide bonds. The summed E-state index contributed by atoms with van der Waals surface area (Å²) >= 11 is 0. The van der Waals surface area contributed by atoms with Gasteiger partial charge in [0.25, 0.3) is 0 Å². The van der Waals surface area contributed by atoms with Crippen LogP contribution in [0.15, 0.2) is 54.6 Å². The van der Waals surface area contributed by atoms with Gasteiger partial charge in [0.15, 0.2) is 17.3 Å². The van der Waals surface area contributed by atoms with Crippen LogP contribution in [0.4, 0.5) is 5.69 Å². The van der Waals surface area contributed by atoms with Crippen LogP contribution in [-0.4, -0.2) is 64.0 Å². The monoisotopic (exact) mass is 477 g/mol. The van der Waals surface area contributed by atoms with Crippen molar-refractivity contribution in [2.75, 3.05) is 52.3 Å². The van der Waals surface area contributed by atoms with Crippen LogP contribution >= 0.6 is 0 Å². The number of fused-ring (bicyclic) bond motifs is 1. The lowest BCUT2D eigenvalue weighted by molar-refractivity contribution is -0.129. The number of nitrogens with two attached hydrogens (primary N) is 1. The van der Waals surface area contributed by atoms with Gasteiger partial charge in [-0.05, 0) is 66.9 Å². The molecule has 2 N–H and O–H groups in total. The number of para-hydroxylation sites is 1. The molecule has 35 heavy (non-hydrogen) atoms. The minimum Gasteiger partial charge on any atom is -0.493 e. The van der Waals surface area contributed by atoms with Gasteiger partial charge >= 0.3 is 0 Å². The topological polar surface area (TPSA) is 85.1 Å². The van der Waals surface area contributed by atoms with Crippen LogP contribution in [0.25, 0.3) is 10.8 Å². The first kappa shape index (κ1) is 26.0. The largest absolute Gasteiger partial charge is 0.493 e. The fourth-order valence-corrected chi connectivity index (χ4v) is 4.13. The van der Waals surface area contributed by atoms with Crippen LogP contribution in [0.1, 0.15) is 29.3 Å². The van der Waals surface area contributed by atoms with E-state index in [2.05, 4.69) is 0 Å². The second-order valence-electron chi connectivity index (χ2n) is 8.58. The van der Waals surface area contributed by atoms with E-state index in [0.717, 1.165) is 28.4 Å². The molecule has 7 heteroatoms. The highest BCUT2D eigenvalue weighted by molar-refractivity contribution is 5.99. The number of ether oxygens (including phenoxy) is 2. The average molecular weight is 478 g/mol. The van der Waals surface area contributed by atoms with Gasteiger partial charge < -0.3 is 25.0 Å². The summed E-state index contributed by atoms with van der Waals surface area (Å²) in [6, 6.07) is 17.5. The minimum atomic E-state index is 0.0369. The summed E-state index contributed by atoms with van der Waals surface area (Å²) in [4.78, 5) is 28.7. The predicted octanol–water partition coefficient (Wildman–Crippen LogP) is 3.92. The molecule has 3 aromatic rings. The molecule has 0 saturated heterocycles. The van der Waals surface area contributed by atoms with Gasteiger partial charge in [0.05, 0.1) is 20.8 Å². The zero-order chi connectivity index (χ0) is 25.4. The van der Waals surface area contributed by atoms with Crippen LogP contribution in [0.2, 0.25) is 0 Å². The highest BCUT2D eigenvalue weighted by atomic mass is 16.5. The third-order valence-corrected chi connectivity index (χ3v) is 6.16. The summed E-state index contributed by atoms with van der Waals surface area (Å²) in [5, 5.41) is 2.02. The molecule has 0 fully saturated rings. The summed E-state index contributed by atoms with van der Waals surface area (Å²) in [6.07, 6.45) is 1.38. The first-order valence-corrected chi connectivity index (χ1v) is 11.8. The number of hydrogen-bond acceptors (Lipinski definition) is 6. The van der Waals surface area contributed by atoms with Crippen LogP contribution in [0, 0.1) is 0 Å². The van der Waals surface area contributed by atoms with E-state index in [4.69, 9.17) is 15.2 Å². The van der Waals surface area contributed by atoms with Gasteiger partial charge in [-0.2, -0.15) is 0 Å². The smallest absolute Gasteiger partial charge is 0.242 e. The molecule has 0 heterocycles. The summed E-state index contributed by atoms with van der Waals surface area (Å²) in [5.74, 6) is 1.45. The molecule has 186 valence electrons. The molecule has 0 aliphatic rings. The average Bonchev–Trinajstić information content (AvgIpc) is 2.87. The number of carbonyl (C=O) groups excluding carboxylic acids is 2. The van der Waals surface area contributed by atoms with Crippen molar-refractivity contribution in [2.24, 2.45) is 5.73 Å². The number of Topliss-reactive ketones (excluding diaryl/α,β-unsaturated/α-hetero) is 1. The molecule has 0 aromatic heterocycles. The van der Waals surface area contributed by atoms with E-state index in [1.807, 2.05) is 71.4 Å². The highest BCUT2D eigenvalue weighted by Gasteiger charge is 2.18. The van der Waals surface area contributed by atoms with Crippen molar-refractivity contribution in [3.8, 4) is 11.5 Å². The second kappa shape index (κ2) is 12.2. The Labute approximate surface area is 207 Å². The molecule has 7 nitrogen and oxygen atoms in total. The number of carbonyl (C=O) groups is 2. The maximum absolute atomic E-state index is 13.3. The lowest BCUT2D eigenvalue weighted by Crippen LogP contribution is -2.41. The van der Waals surface area contributed by atoms with Crippen LogP contribution < -0.4 is 20.1 Å². The normalized spacial score (nSPS) is 10.8. The van der Waals surface area contributed by atoms with Crippen molar-refractivity contribution in [3.05, 3.63) is 65.7 Å². The van der Waals surface area contributed by atoms with E-state index in [9.17, 15) is 9.59 Å². The molecule has 0 bridgehead atoms. The number of anilines is 1. The molecule has 3 aromatic carbocycles. The van der Waals surface area contributed by atoms with E-state index < -0.39 is 0 Å². The van der Waals surface area contributed by atoms with Gasteiger partial charge in [-0.1, -0.05) is 30.3 Å². The second-order valence-corrected chi connectivity index (χ2v) is 8.58. The molecule has 0 saturated carbocycles. The highest BCUT2D eigenvalue weighted by Crippen LogP contribution is 2.31. The lowest BCUT2D eigenvalue weighted by Gasteiger charge is -2.27. The number of likely N-dealkylation sites (N-methyl/N-ethyl adjacent to an activating group) is 1. The first-order chi connectivity index (χ1) is 16.9. The summed E-state index contributed by atoms with van der Waals surface area (Å²) in [5.41, 5.74) is 8.36. The van der Waals surface area contributed by atoms with E-state index >= 15 is 0 Å². The van der Waals surface area contributed by atoms with Crippen molar-refractivity contribution in [1.29, 1.82) is 0 Å². The molecular weight excluding hydrogens is 442 g/mol. The van der Waals surface area contributed by atoms with Crippen molar-refractivity contribution >= 4 is 28.2 Å². The van der Waals surface area contributed by atoms with Gasteiger partial charge in [-0.3, -0.25) is 9.59 Å². The zero-order valence-corrected chi connectivity index (χ0v) is 21.0. The summed E-state index contributed by atoms with van der Waals surface area (Å²) < 4.78 is 10.9. The molecule has 0 atom stereocenters. The third-order valence-electron chi connectivity index (χ3n) is 6.16. The number of methoxy groups -OCH3 is 2. The van der Waals surface area contributed by atoms with Gasteiger partial charge in [-0.15, -0.1) is 0 Å². The molecular formula is C28H35N3O4. The van der Waals surface area contributed by atoms with Crippen molar-refractivity contribution in [2.45, 2.75) is 19.8 Å².